The minimum absolute atomic E-state index is 0.00172. The molecule has 0 aromatic rings. The van der Waals surface area contributed by atoms with E-state index in [2.05, 4.69) is 33.0 Å². The van der Waals surface area contributed by atoms with E-state index in [1.54, 1.807) is 0 Å². The predicted molar refractivity (Wildman–Crippen MR) is 83.2 cm³/mol. The molecule has 0 aliphatic carbocycles. The number of carboxylic acids is 1. The molecule has 0 radical (unpaired) electrons. The summed E-state index contributed by atoms with van der Waals surface area (Å²) in [6.07, 6.45) is 4.19. The van der Waals surface area contributed by atoms with Crippen molar-refractivity contribution in [1.29, 1.82) is 0 Å². The molecule has 21 heavy (non-hydrogen) atoms. The van der Waals surface area contributed by atoms with Crippen molar-refractivity contribution in [3.63, 3.8) is 0 Å². The highest BCUT2D eigenvalue weighted by Crippen LogP contribution is 2.22. The summed E-state index contributed by atoms with van der Waals surface area (Å²) in [5.74, 6) is -0.365. The molecular weight excluding hydrogens is 268 g/mol. The highest BCUT2D eigenvalue weighted by molar-refractivity contribution is 5.75. The number of likely N-dealkylation sites (tertiary alicyclic amines) is 1. The number of urea groups is 1. The largest absolute Gasteiger partial charge is 0.481 e. The molecule has 3 unspecified atom stereocenters. The zero-order chi connectivity index (χ0) is 16.0. The second-order valence-corrected chi connectivity index (χ2v) is 6.82. The van der Waals surface area contributed by atoms with E-state index >= 15 is 0 Å². The fraction of sp³-hybridized carbons (Fsp3) is 0.875. The summed E-state index contributed by atoms with van der Waals surface area (Å²) in [6, 6.07) is 0.474. The Hall–Kier alpha value is -1.26. The van der Waals surface area contributed by atoms with Crippen LogP contribution >= 0.6 is 0 Å². The first kappa shape index (κ1) is 17.8. The molecule has 122 valence electrons. The Kier molecular flexibility index (Phi) is 6.99. The quantitative estimate of drug-likeness (QED) is 0.791. The Morgan fingerprint density at radius 1 is 1.24 bits per heavy atom. The molecule has 1 aliphatic rings. The SMILES string of the molecule is CC(C)CC(CNC(=O)N1C(C)CCCC1C)CC(=O)O. The number of carbonyl (C=O) groups excluding carboxylic acids is 1. The highest BCUT2D eigenvalue weighted by Gasteiger charge is 2.29. The number of nitrogens with one attached hydrogen (secondary N) is 1. The number of amides is 2. The monoisotopic (exact) mass is 298 g/mol. The van der Waals surface area contributed by atoms with Crippen LogP contribution in [0.15, 0.2) is 0 Å². The Morgan fingerprint density at radius 3 is 2.29 bits per heavy atom. The molecule has 0 aromatic carbocycles. The van der Waals surface area contributed by atoms with Crippen LogP contribution in [0.4, 0.5) is 4.79 Å². The van der Waals surface area contributed by atoms with Crippen LogP contribution in [0.5, 0.6) is 0 Å². The third-order valence-corrected chi connectivity index (χ3v) is 4.24. The van der Waals surface area contributed by atoms with Crippen molar-refractivity contribution >= 4 is 12.0 Å². The van der Waals surface area contributed by atoms with Crippen LogP contribution in [-0.4, -0.2) is 40.6 Å². The number of piperidine rings is 1. The summed E-state index contributed by atoms with van der Waals surface area (Å²) < 4.78 is 0. The Bertz CT molecular complexity index is 347. The van der Waals surface area contributed by atoms with Gasteiger partial charge in [0.1, 0.15) is 0 Å². The maximum absolute atomic E-state index is 12.4. The average molecular weight is 298 g/mol. The summed E-state index contributed by atoms with van der Waals surface area (Å²) in [7, 11) is 0. The molecule has 1 rings (SSSR count). The van der Waals surface area contributed by atoms with Gasteiger partial charge in [-0.15, -0.1) is 0 Å². The van der Waals surface area contributed by atoms with E-state index < -0.39 is 5.97 Å². The van der Waals surface area contributed by atoms with E-state index in [0.717, 1.165) is 19.3 Å². The number of rotatable bonds is 6. The van der Waals surface area contributed by atoms with Gasteiger partial charge >= 0.3 is 12.0 Å². The van der Waals surface area contributed by atoms with Crippen molar-refractivity contribution in [3.8, 4) is 0 Å². The number of hydrogen-bond acceptors (Lipinski definition) is 2. The Morgan fingerprint density at radius 2 is 1.81 bits per heavy atom. The minimum atomic E-state index is -0.797. The van der Waals surface area contributed by atoms with E-state index in [4.69, 9.17) is 5.11 Å². The van der Waals surface area contributed by atoms with Crippen LogP contribution in [0.3, 0.4) is 0 Å². The molecule has 0 bridgehead atoms. The van der Waals surface area contributed by atoms with E-state index in [-0.39, 0.29) is 30.5 Å². The molecule has 2 amide bonds. The van der Waals surface area contributed by atoms with Crippen LogP contribution in [0.1, 0.15) is 59.8 Å². The zero-order valence-electron chi connectivity index (χ0n) is 13.8. The molecular formula is C16H30N2O3. The van der Waals surface area contributed by atoms with Gasteiger partial charge in [0.2, 0.25) is 0 Å². The normalized spacial score (nSPS) is 24.0. The second kappa shape index (κ2) is 8.25. The van der Waals surface area contributed by atoms with Crippen LogP contribution in [0, 0.1) is 11.8 Å². The number of carbonyl (C=O) groups is 2. The lowest BCUT2D eigenvalue weighted by Crippen LogP contribution is -2.52. The Balaban J connectivity index is 2.53. The van der Waals surface area contributed by atoms with Gasteiger partial charge in [-0.3, -0.25) is 4.79 Å². The first-order valence-corrected chi connectivity index (χ1v) is 8.09. The van der Waals surface area contributed by atoms with Gasteiger partial charge in [-0.1, -0.05) is 13.8 Å². The van der Waals surface area contributed by atoms with Gasteiger partial charge in [-0.25, -0.2) is 4.79 Å². The molecule has 2 N–H and O–H groups in total. The highest BCUT2D eigenvalue weighted by atomic mass is 16.4. The van der Waals surface area contributed by atoms with Crippen LogP contribution in [0.25, 0.3) is 0 Å². The van der Waals surface area contributed by atoms with Gasteiger partial charge in [-0.2, -0.15) is 0 Å². The number of aliphatic carboxylic acids is 1. The van der Waals surface area contributed by atoms with Gasteiger partial charge in [-0.05, 0) is 51.4 Å². The minimum Gasteiger partial charge on any atom is -0.481 e. The molecule has 1 heterocycles. The van der Waals surface area contributed by atoms with Crippen molar-refractivity contribution in [2.75, 3.05) is 6.54 Å². The van der Waals surface area contributed by atoms with Gasteiger partial charge in [0.15, 0.2) is 0 Å². The van der Waals surface area contributed by atoms with Gasteiger partial charge in [0, 0.05) is 25.0 Å². The van der Waals surface area contributed by atoms with Crippen molar-refractivity contribution in [3.05, 3.63) is 0 Å². The number of hydrogen-bond donors (Lipinski definition) is 2. The van der Waals surface area contributed by atoms with Crippen molar-refractivity contribution < 1.29 is 14.7 Å². The lowest BCUT2D eigenvalue weighted by atomic mass is 9.94. The summed E-state index contributed by atoms with van der Waals surface area (Å²) in [5, 5.41) is 11.9. The van der Waals surface area contributed by atoms with Gasteiger partial charge in [0.25, 0.3) is 0 Å². The van der Waals surface area contributed by atoms with E-state index in [1.165, 1.54) is 6.42 Å². The van der Waals surface area contributed by atoms with Crippen LogP contribution in [-0.2, 0) is 4.79 Å². The second-order valence-electron chi connectivity index (χ2n) is 6.82. The maximum Gasteiger partial charge on any atom is 0.317 e. The third-order valence-electron chi connectivity index (χ3n) is 4.24. The van der Waals surface area contributed by atoms with E-state index in [1.807, 2.05) is 4.90 Å². The topological polar surface area (TPSA) is 69.6 Å². The molecule has 1 fully saturated rings. The maximum atomic E-state index is 12.4. The molecule has 5 heteroatoms. The third kappa shape index (κ3) is 5.94. The summed E-state index contributed by atoms with van der Waals surface area (Å²) in [4.78, 5) is 25.2. The van der Waals surface area contributed by atoms with Crippen molar-refractivity contribution in [2.24, 2.45) is 11.8 Å². The number of carboxylic acid groups (broad SMARTS) is 1. The van der Waals surface area contributed by atoms with Crippen molar-refractivity contribution in [1.82, 2.24) is 10.2 Å². The molecule has 5 nitrogen and oxygen atoms in total. The smallest absolute Gasteiger partial charge is 0.317 e. The molecule has 3 atom stereocenters. The Labute approximate surface area is 128 Å². The lowest BCUT2D eigenvalue weighted by Gasteiger charge is -2.39. The average Bonchev–Trinajstić information content (AvgIpc) is 2.34. The fourth-order valence-corrected chi connectivity index (χ4v) is 3.30. The fourth-order valence-electron chi connectivity index (χ4n) is 3.30. The molecule has 0 spiro atoms. The molecule has 1 saturated heterocycles. The summed E-state index contributed by atoms with van der Waals surface area (Å²) in [6.45, 7) is 8.76. The first-order valence-electron chi connectivity index (χ1n) is 8.09. The lowest BCUT2D eigenvalue weighted by molar-refractivity contribution is -0.138. The summed E-state index contributed by atoms with van der Waals surface area (Å²) in [5.41, 5.74) is 0. The van der Waals surface area contributed by atoms with E-state index in [0.29, 0.717) is 12.5 Å². The standard InChI is InChI=1S/C16H30N2O3/c1-11(2)8-14(9-15(19)20)10-17-16(21)18-12(3)6-5-7-13(18)4/h11-14H,5-10H2,1-4H3,(H,17,21)(H,19,20). The number of nitrogens with zero attached hydrogens (tertiary/aromatic N) is 1. The van der Waals surface area contributed by atoms with Crippen LogP contribution in [0.2, 0.25) is 0 Å². The molecule has 0 saturated carbocycles. The predicted octanol–water partition coefficient (Wildman–Crippen LogP) is 3.10. The zero-order valence-corrected chi connectivity index (χ0v) is 13.8. The summed E-state index contributed by atoms with van der Waals surface area (Å²) >= 11 is 0. The molecule has 1 aliphatic heterocycles. The van der Waals surface area contributed by atoms with E-state index in [9.17, 15) is 9.59 Å². The van der Waals surface area contributed by atoms with Gasteiger partial charge in [0.05, 0.1) is 0 Å². The first-order chi connectivity index (χ1) is 9.81. The molecule has 0 aromatic heterocycles. The van der Waals surface area contributed by atoms with Crippen molar-refractivity contribution in [2.45, 2.75) is 71.9 Å². The van der Waals surface area contributed by atoms with Crippen LogP contribution < -0.4 is 5.32 Å². The van der Waals surface area contributed by atoms with Gasteiger partial charge < -0.3 is 15.3 Å².